The van der Waals surface area contributed by atoms with Crippen LogP contribution in [0, 0.1) is 16.7 Å². The van der Waals surface area contributed by atoms with Gasteiger partial charge in [-0.05, 0) is 67.6 Å². The highest BCUT2D eigenvalue weighted by molar-refractivity contribution is 5.83. The molecule has 4 aliphatic rings. The summed E-state index contributed by atoms with van der Waals surface area (Å²) in [6.45, 7) is 2.60. The number of benzene rings is 1. The maximum atomic E-state index is 13.2. The minimum absolute atomic E-state index is 0.0740. The van der Waals surface area contributed by atoms with Crippen molar-refractivity contribution in [3.8, 4) is 11.5 Å². The number of hydrogen-bond acceptors (Lipinski definition) is 4. The van der Waals surface area contributed by atoms with Crippen molar-refractivity contribution in [1.82, 2.24) is 5.32 Å². The largest absolute Gasteiger partial charge is 0.504 e. The van der Waals surface area contributed by atoms with Gasteiger partial charge in [-0.25, -0.2) is 0 Å². The summed E-state index contributed by atoms with van der Waals surface area (Å²) in [5, 5.41) is 23.9. The molecular formula is C21H29NO4. The lowest BCUT2D eigenvalue weighted by molar-refractivity contribution is -0.204. The van der Waals surface area contributed by atoms with E-state index in [0.717, 1.165) is 44.1 Å². The van der Waals surface area contributed by atoms with E-state index in [1.807, 2.05) is 0 Å². The van der Waals surface area contributed by atoms with Crippen LogP contribution in [-0.2, 0) is 11.3 Å². The lowest BCUT2D eigenvalue weighted by Gasteiger charge is -2.64. The highest BCUT2D eigenvalue weighted by Crippen LogP contribution is 2.67. The van der Waals surface area contributed by atoms with Gasteiger partial charge in [-0.3, -0.25) is 4.79 Å². The Morgan fingerprint density at radius 3 is 2.77 bits per heavy atom. The molecule has 4 bridgehead atoms. The summed E-state index contributed by atoms with van der Waals surface area (Å²) in [6, 6.07) is 5.12. The molecule has 4 aliphatic carbocycles. The summed E-state index contributed by atoms with van der Waals surface area (Å²) in [7, 11) is 1.51. The van der Waals surface area contributed by atoms with Crippen LogP contribution in [0.2, 0.25) is 0 Å². The van der Waals surface area contributed by atoms with E-state index in [9.17, 15) is 15.0 Å². The third-order valence-electron chi connectivity index (χ3n) is 7.08. The van der Waals surface area contributed by atoms with Crippen molar-refractivity contribution in [3.63, 3.8) is 0 Å². The Bertz CT molecular complexity index is 735. The molecule has 1 amide bonds. The molecule has 0 unspecified atom stereocenters. The molecule has 0 heterocycles. The molecular weight excluding hydrogens is 330 g/mol. The van der Waals surface area contributed by atoms with Crippen LogP contribution in [0.1, 0.15) is 57.4 Å². The highest BCUT2D eigenvalue weighted by atomic mass is 16.5. The number of ether oxygens (including phenoxy) is 1. The van der Waals surface area contributed by atoms with E-state index in [1.54, 1.807) is 18.2 Å². The van der Waals surface area contributed by atoms with Crippen molar-refractivity contribution < 1.29 is 19.7 Å². The Kier molecular flexibility index (Phi) is 3.99. The van der Waals surface area contributed by atoms with Crippen LogP contribution in [0.3, 0.4) is 0 Å². The first-order valence-electron chi connectivity index (χ1n) is 9.68. The van der Waals surface area contributed by atoms with Crippen molar-refractivity contribution in [2.45, 2.75) is 64.0 Å². The third-order valence-corrected chi connectivity index (χ3v) is 7.08. The van der Waals surface area contributed by atoms with Crippen molar-refractivity contribution in [2.24, 2.45) is 16.7 Å². The lowest BCUT2D eigenvalue weighted by atomic mass is 9.42. The molecule has 1 aromatic carbocycles. The zero-order valence-corrected chi connectivity index (χ0v) is 15.7. The second-order valence-corrected chi connectivity index (χ2v) is 9.06. The molecule has 5 nitrogen and oxygen atoms in total. The standard InChI is InChI=1S/C21H29NO4/c1-3-19-7-15-8-20(11-19,13-21(25,9-15)12-19)18(24)22-10-14-4-5-16(23)17(6-14)26-2/h4-6,15,23,25H,3,7-13H2,1-2H3,(H,22,24)/t15-,19-,20+,21+/m0/s1. The summed E-state index contributed by atoms with van der Waals surface area (Å²) >= 11 is 0. The molecule has 0 spiro atoms. The van der Waals surface area contributed by atoms with Gasteiger partial charge in [-0.2, -0.15) is 0 Å². The molecule has 1 aromatic rings. The number of amides is 1. The van der Waals surface area contributed by atoms with Crippen molar-refractivity contribution >= 4 is 5.91 Å². The van der Waals surface area contributed by atoms with Crippen LogP contribution >= 0.6 is 0 Å². The number of carbonyl (C=O) groups is 1. The SMILES string of the molecule is CC[C@@]12C[C@@H]3C[C@@](O)(C1)C[C@@](C(=O)NCc1ccc(O)c(OC)c1)(C3)C2. The molecule has 26 heavy (non-hydrogen) atoms. The van der Waals surface area contributed by atoms with Crippen LogP contribution in [-0.4, -0.2) is 28.8 Å². The first-order chi connectivity index (χ1) is 12.3. The fraction of sp³-hybridized carbons (Fsp3) is 0.667. The Hall–Kier alpha value is -1.75. The fourth-order valence-corrected chi connectivity index (χ4v) is 6.43. The van der Waals surface area contributed by atoms with Crippen molar-refractivity contribution in [2.75, 3.05) is 7.11 Å². The molecule has 0 aromatic heterocycles. The minimum atomic E-state index is -0.658. The molecule has 3 N–H and O–H groups in total. The summed E-state index contributed by atoms with van der Waals surface area (Å²) in [6.07, 6.45) is 6.33. The van der Waals surface area contributed by atoms with Gasteiger partial charge in [0.05, 0.1) is 18.1 Å². The molecule has 5 rings (SSSR count). The molecule has 4 atom stereocenters. The van der Waals surface area contributed by atoms with Crippen LogP contribution in [0.25, 0.3) is 0 Å². The van der Waals surface area contributed by atoms with E-state index < -0.39 is 11.0 Å². The molecule has 142 valence electrons. The molecule has 5 heteroatoms. The van der Waals surface area contributed by atoms with Gasteiger partial charge in [-0.1, -0.05) is 19.4 Å². The number of rotatable bonds is 5. The number of nitrogens with one attached hydrogen (secondary N) is 1. The van der Waals surface area contributed by atoms with Gasteiger partial charge < -0.3 is 20.3 Å². The Morgan fingerprint density at radius 1 is 1.27 bits per heavy atom. The van der Waals surface area contributed by atoms with E-state index in [4.69, 9.17) is 4.74 Å². The van der Waals surface area contributed by atoms with Gasteiger partial charge in [0.1, 0.15) is 0 Å². The second kappa shape index (κ2) is 5.88. The van der Waals surface area contributed by atoms with Crippen molar-refractivity contribution in [1.29, 1.82) is 0 Å². The average Bonchev–Trinajstić information content (AvgIpc) is 2.58. The number of phenolic OH excluding ortho intramolecular Hbond substituents is 1. The molecule has 4 saturated carbocycles. The van der Waals surface area contributed by atoms with E-state index in [-0.39, 0.29) is 17.1 Å². The van der Waals surface area contributed by atoms with Crippen molar-refractivity contribution in [3.05, 3.63) is 23.8 Å². The number of phenols is 1. The Balaban J connectivity index is 1.51. The average molecular weight is 359 g/mol. The number of hydrogen-bond donors (Lipinski definition) is 3. The Morgan fingerprint density at radius 2 is 2.08 bits per heavy atom. The first kappa shape index (κ1) is 17.7. The van der Waals surface area contributed by atoms with Gasteiger partial charge in [0.2, 0.25) is 5.91 Å². The minimum Gasteiger partial charge on any atom is -0.504 e. The van der Waals surface area contributed by atoms with E-state index in [2.05, 4.69) is 12.2 Å². The predicted molar refractivity (Wildman–Crippen MR) is 97.8 cm³/mol. The monoisotopic (exact) mass is 359 g/mol. The molecule has 4 fully saturated rings. The van der Waals surface area contributed by atoms with Crippen LogP contribution in [0.4, 0.5) is 0 Å². The number of aromatic hydroxyl groups is 1. The number of carbonyl (C=O) groups excluding carboxylic acids is 1. The lowest BCUT2D eigenvalue weighted by Crippen LogP contribution is -2.63. The quantitative estimate of drug-likeness (QED) is 0.755. The highest BCUT2D eigenvalue weighted by Gasteiger charge is 2.64. The maximum Gasteiger partial charge on any atom is 0.226 e. The smallest absolute Gasteiger partial charge is 0.226 e. The zero-order chi connectivity index (χ0) is 18.6. The van der Waals surface area contributed by atoms with Gasteiger partial charge in [0.15, 0.2) is 11.5 Å². The zero-order valence-electron chi connectivity index (χ0n) is 15.7. The molecule has 0 aliphatic heterocycles. The topological polar surface area (TPSA) is 78.8 Å². The second-order valence-electron chi connectivity index (χ2n) is 9.06. The summed E-state index contributed by atoms with van der Waals surface area (Å²) < 4.78 is 5.14. The third kappa shape index (κ3) is 2.77. The first-order valence-corrected chi connectivity index (χ1v) is 9.68. The van der Waals surface area contributed by atoms with E-state index in [0.29, 0.717) is 24.6 Å². The molecule has 0 radical (unpaired) electrons. The fourth-order valence-electron chi connectivity index (χ4n) is 6.43. The van der Waals surface area contributed by atoms with Crippen LogP contribution in [0.15, 0.2) is 18.2 Å². The summed E-state index contributed by atoms with van der Waals surface area (Å²) in [4.78, 5) is 13.2. The Labute approximate surface area is 154 Å². The summed E-state index contributed by atoms with van der Waals surface area (Å²) in [5.41, 5.74) is -0.0610. The van der Waals surface area contributed by atoms with E-state index in [1.165, 1.54) is 7.11 Å². The molecule has 0 saturated heterocycles. The van der Waals surface area contributed by atoms with Crippen LogP contribution < -0.4 is 10.1 Å². The number of aliphatic hydroxyl groups is 1. The normalized spacial score (nSPS) is 37.6. The predicted octanol–water partition coefficient (Wildman–Crippen LogP) is 3.13. The van der Waals surface area contributed by atoms with Gasteiger partial charge >= 0.3 is 0 Å². The number of methoxy groups -OCH3 is 1. The van der Waals surface area contributed by atoms with Crippen LogP contribution in [0.5, 0.6) is 11.5 Å². The van der Waals surface area contributed by atoms with Gasteiger partial charge in [0.25, 0.3) is 0 Å². The van der Waals surface area contributed by atoms with Gasteiger partial charge in [-0.15, -0.1) is 0 Å². The summed E-state index contributed by atoms with van der Waals surface area (Å²) in [5.74, 6) is 1.04. The van der Waals surface area contributed by atoms with E-state index >= 15 is 0 Å². The maximum absolute atomic E-state index is 13.2. The van der Waals surface area contributed by atoms with Gasteiger partial charge in [0, 0.05) is 6.54 Å².